The first kappa shape index (κ1) is 48.4. The summed E-state index contributed by atoms with van der Waals surface area (Å²) in [4.78, 5) is 20.4. The van der Waals surface area contributed by atoms with Crippen molar-refractivity contribution in [3.8, 4) is 0 Å². The van der Waals surface area contributed by atoms with Crippen LogP contribution >= 0.6 is 0 Å². The molecule has 0 rings (SSSR count). The van der Waals surface area contributed by atoms with Crippen molar-refractivity contribution in [1.82, 2.24) is 0 Å². The van der Waals surface area contributed by atoms with Crippen molar-refractivity contribution >= 4 is 11.9 Å². The molecule has 0 aliphatic heterocycles. The van der Waals surface area contributed by atoms with Crippen molar-refractivity contribution < 1.29 is 44.8 Å². The molecule has 0 bridgehead atoms. The van der Waals surface area contributed by atoms with Crippen LogP contribution in [0.2, 0.25) is 0 Å². The van der Waals surface area contributed by atoms with Gasteiger partial charge in [-0.25, -0.2) is 0 Å². The summed E-state index contributed by atoms with van der Waals surface area (Å²) in [6, 6.07) is 0. The fraction of sp³-hybridized carbons (Fsp3) is 0.944. The minimum atomic E-state index is -0.903. The standard InChI is InChI=1S/2C18H36O2.H2O.Zn/c2*1-2-3-4-5-6-7-8-9-10-11-12-13-14-15-16-17-18(19)20;;/h2*2-17H2,1H3,(H,19,20);1H2;/q;;;+2/p-2. The molecule has 5 nitrogen and oxygen atoms in total. The Balaban J connectivity index is -0.000000328. The number of carboxylic acid groups (broad SMARTS) is 2. The van der Waals surface area contributed by atoms with Gasteiger partial charge in [-0.3, -0.25) is 0 Å². The Kier molecular flexibility index (Phi) is 51.8. The van der Waals surface area contributed by atoms with E-state index in [1.165, 1.54) is 167 Å². The molecule has 248 valence electrons. The Hall–Kier alpha value is -0.477. The van der Waals surface area contributed by atoms with Crippen LogP contribution in [-0.4, -0.2) is 17.4 Å². The molecule has 0 heterocycles. The third-order valence-electron chi connectivity index (χ3n) is 7.97. The number of aliphatic carboxylic acids is 2. The monoisotopic (exact) mass is 648 g/mol. The van der Waals surface area contributed by atoms with Gasteiger partial charge in [0.05, 0.1) is 0 Å². The molecule has 0 saturated heterocycles. The molecule has 0 atom stereocenters. The molecular weight excluding hydrogens is 578 g/mol. The number of hydrogen-bond donors (Lipinski definition) is 0. The van der Waals surface area contributed by atoms with Crippen molar-refractivity contribution in [1.29, 1.82) is 0 Å². The molecule has 0 radical (unpaired) electrons. The minimum absolute atomic E-state index is 0. The van der Waals surface area contributed by atoms with Gasteiger partial charge >= 0.3 is 19.5 Å². The zero-order chi connectivity index (χ0) is 29.8. The minimum Gasteiger partial charge on any atom is -0.550 e. The summed E-state index contributed by atoms with van der Waals surface area (Å²) < 4.78 is 0. The molecule has 0 saturated carbocycles. The molecule has 0 amide bonds. The second-order valence-electron chi connectivity index (χ2n) is 12.1. The van der Waals surface area contributed by atoms with E-state index >= 15 is 0 Å². The third-order valence-corrected chi connectivity index (χ3v) is 7.97. The number of rotatable bonds is 32. The van der Waals surface area contributed by atoms with E-state index in [1.54, 1.807) is 0 Å². The number of unbranched alkanes of at least 4 members (excludes halogenated alkanes) is 28. The predicted octanol–water partition coefficient (Wildman–Crippen LogP) is 9.17. The van der Waals surface area contributed by atoms with Crippen molar-refractivity contribution in [3.05, 3.63) is 0 Å². The van der Waals surface area contributed by atoms with E-state index in [0.29, 0.717) is 0 Å². The van der Waals surface area contributed by atoms with Crippen LogP contribution in [0.25, 0.3) is 0 Å². The van der Waals surface area contributed by atoms with Crippen molar-refractivity contribution in [3.63, 3.8) is 0 Å². The van der Waals surface area contributed by atoms with Crippen molar-refractivity contribution in [2.45, 2.75) is 219 Å². The Morgan fingerprint density at radius 3 is 0.619 bits per heavy atom. The van der Waals surface area contributed by atoms with Gasteiger partial charge in [0.2, 0.25) is 0 Å². The summed E-state index contributed by atoms with van der Waals surface area (Å²) in [5.74, 6) is -1.81. The van der Waals surface area contributed by atoms with Crippen LogP contribution in [-0.2, 0) is 29.1 Å². The van der Waals surface area contributed by atoms with Gasteiger partial charge in [0.25, 0.3) is 0 Å². The van der Waals surface area contributed by atoms with Gasteiger partial charge in [-0.05, 0) is 25.7 Å². The van der Waals surface area contributed by atoms with Gasteiger partial charge in [-0.15, -0.1) is 0 Å². The first-order valence-corrected chi connectivity index (χ1v) is 17.9. The summed E-state index contributed by atoms with van der Waals surface area (Å²) in [6.07, 6.45) is 39.7. The molecule has 42 heavy (non-hydrogen) atoms. The van der Waals surface area contributed by atoms with Crippen molar-refractivity contribution in [2.75, 3.05) is 0 Å². The van der Waals surface area contributed by atoms with Gasteiger partial charge in [-0.1, -0.05) is 194 Å². The molecule has 0 fully saturated rings. The van der Waals surface area contributed by atoms with Gasteiger partial charge in [0, 0.05) is 11.9 Å². The molecule has 0 unspecified atom stereocenters. The maximum atomic E-state index is 10.2. The molecular formula is C36H72O5Zn. The molecule has 0 spiro atoms. The Labute approximate surface area is 275 Å². The van der Waals surface area contributed by atoms with E-state index in [4.69, 9.17) is 0 Å². The molecule has 0 aliphatic carbocycles. The van der Waals surface area contributed by atoms with E-state index in [9.17, 15) is 19.8 Å². The van der Waals surface area contributed by atoms with Gasteiger partial charge < -0.3 is 25.3 Å². The summed E-state index contributed by atoms with van der Waals surface area (Å²) in [5.41, 5.74) is 0. The number of carbonyl (C=O) groups excluding carboxylic acids is 2. The SMILES string of the molecule is CCCCCCCCCCCCCCCCCC(=O)[O-].CCCCCCCCCCCCCCCCCC(=O)[O-].O.[Zn+2]. The smallest absolute Gasteiger partial charge is 0.550 e. The summed E-state index contributed by atoms with van der Waals surface area (Å²) in [5, 5.41) is 20.4. The van der Waals surface area contributed by atoms with Crippen LogP contribution in [0.5, 0.6) is 0 Å². The average Bonchev–Trinajstić information content (AvgIpc) is 2.93. The van der Waals surface area contributed by atoms with Crippen LogP contribution in [0.1, 0.15) is 219 Å². The van der Waals surface area contributed by atoms with E-state index in [-0.39, 0.29) is 37.8 Å². The number of hydrogen-bond acceptors (Lipinski definition) is 4. The molecule has 0 aliphatic rings. The molecule has 6 heteroatoms. The molecule has 0 aromatic rings. The maximum Gasteiger partial charge on any atom is 2.00 e. The van der Waals surface area contributed by atoms with Crippen LogP contribution < -0.4 is 10.2 Å². The Bertz CT molecular complexity index is 457. The van der Waals surface area contributed by atoms with Gasteiger partial charge in [-0.2, -0.15) is 0 Å². The predicted molar refractivity (Wildman–Crippen MR) is 173 cm³/mol. The topological polar surface area (TPSA) is 112 Å². The van der Waals surface area contributed by atoms with E-state index in [0.717, 1.165) is 25.7 Å². The van der Waals surface area contributed by atoms with Crippen LogP contribution in [0.4, 0.5) is 0 Å². The van der Waals surface area contributed by atoms with Crippen LogP contribution in [0.15, 0.2) is 0 Å². The zero-order valence-corrected chi connectivity index (χ0v) is 31.4. The molecule has 0 aromatic heterocycles. The molecule has 2 N–H and O–H groups in total. The second kappa shape index (κ2) is 45.0. The van der Waals surface area contributed by atoms with Crippen LogP contribution in [0, 0.1) is 0 Å². The first-order valence-electron chi connectivity index (χ1n) is 17.9. The third kappa shape index (κ3) is 52.2. The first-order chi connectivity index (χ1) is 19.5. The van der Waals surface area contributed by atoms with Gasteiger partial charge in [0.1, 0.15) is 0 Å². The van der Waals surface area contributed by atoms with E-state index in [2.05, 4.69) is 13.8 Å². The van der Waals surface area contributed by atoms with E-state index in [1.807, 2.05) is 0 Å². The summed E-state index contributed by atoms with van der Waals surface area (Å²) >= 11 is 0. The van der Waals surface area contributed by atoms with Gasteiger partial charge in [0.15, 0.2) is 0 Å². The quantitative estimate of drug-likeness (QED) is 0.0534. The Morgan fingerprint density at radius 2 is 0.476 bits per heavy atom. The summed E-state index contributed by atoms with van der Waals surface area (Å²) in [7, 11) is 0. The maximum absolute atomic E-state index is 10.2. The van der Waals surface area contributed by atoms with Crippen molar-refractivity contribution in [2.24, 2.45) is 0 Å². The Morgan fingerprint density at radius 1 is 0.333 bits per heavy atom. The van der Waals surface area contributed by atoms with Crippen LogP contribution in [0.3, 0.4) is 0 Å². The fourth-order valence-electron chi connectivity index (χ4n) is 5.28. The van der Waals surface area contributed by atoms with E-state index < -0.39 is 11.9 Å². The number of carboxylic acids is 2. The second-order valence-corrected chi connectivity index (χ2v) is 12.1. The zero-order valence-electron chi connectivity index (χ0n) is 28.5. The normalized spacial score (nSPS) is 10.3. The fourth-order valence-corrected chi connectivity index (χ4v) is 5.28. The summed E-state index contributed by atoms with van der Waals surface area (Å²) in [6.45, 7) is 4.53. The molecule has 0 aromatic carbocycles. The largest absolute Gasteiger partial charge is 2.00 e. The number of carbonyl (C=O) groups is 2. The average molecular weight is 650 g/mol.